The lowest BCUT2D eigenvalue weighted by molar-refractivity contribution is -0.0265. The standard InChI is InChI=1S/C19H20F2N4O4/c1-29-24-18-10-4-5-25(19(10)23-8-22-18)14-7-11(16(27)17(14)28)15(26)9-2-3-12(20)13(21)6-9/h2-6,8,11,14-17,26-28H,7H2,1H3,(H,22,23,24)/t11-,14-,15?,16-,17+/m1/s1. The summed E-state index contributed by atoms with van der Waals surface area (Å²) in [4.78, 5) is 11.9. The van der Waals surface area contributed by atoms with Gasteiger partial charge in [-0.3, -0.25) is 0 Å². The van der Waals surface area contributed by atoms with Gasteiger partial charge in [-0.2, -0.15) is 0 Å². The van der Waals surface area contributed by atoms with Crippen LogP contribution in [-0.2, 0) is 4.84 Å². The number of hydrogen-bond acceptors (Lipinski definition) is 6. The van der Waals surface area contributed by atoms with Crippen molar-refractivity contribution in [2.24, 2.45) is 11.1 Å². The van der Waals surface area contributed by atoms with Crippen molar-refractivity contribution in [3.63, 3.8) is 0 Å². The maximum Gasteiger partial charge on any atom is 0.203 e. The lowest BCUT2D eigenvalue weighted by atomic mass is 9.92. The van der Waals surface area contributed by atoms with Gasteiger partial charge in [0.25, 0.3) is 0 Å². The summed E-state index contributed by atoms with van der Waals surface area (Å²) in [6.07, 6.45) is -0.358. The van der Waals surface area contributed by atoms with Gasteiger partial charge in [-0.1, -0.05) is 11.2 Å². The number of aromatic nitrogens is 3. The molecule has 29 heavy (non-hydrogen) atoms. The molecule has 0 aliphatic heterocycles. The quantitative estimate of drug-likeness (QED) is 0.485. The summed E-state index contributed by atoms with van der Waals surface area (Å²) in [5, 5.41) is 36.3. The van der Waals surface area contributed by atoms with E-state index in [1.54, 1.807) is 16.8 Å². The number of benzene rings is 1. The highest BCUT2D eigenvalue weighted by Crippen LogP contribution is 2.43. The predicted octanol–water partition coefficient (Wildman–Crippen LogP) is 1.12. The monoisotopic (exact) mass is 406 g/mol. The van der Waals surface area contributed by atoms with Crippen LogP contribution in [0.25, 0.3) is 11.0 Å². The van der Waals surface area contributed by atoms with E-state index in [9.17, 15) is 24.1 Å². The number of H-pyrrole nitrogens is 1. The van der Waals surface area contributed by atoms with Gasteiger partial charge >= 0.3 is 0 Å². The molecular formula is C19H20F2N4O4. The van der Waals surface area contributed by atoms with Gasteiger partial charge in [0.1, 0.15) is 18.9 Å². The molecule has 3 aromatic rings. The lowest BCUT2D eigenvalue weighted by Gasteiger charge is -2.22. The van der Waals surface area contributed by atoms with Crippen molar-refractivity contribution >= 4 is 11.0 Å². The average Bonchev–Trinajstić information content (AvgIpc) is 3.26. The average molecular weight is 406 g/mol. The Kier molecular flexibility index (Phi) is 5.07. The number of fused-ring (bicyclic) bond motifs is 1. The first kappa shape index (κ1) is 19.5. The van der Waals surface area contributed by atoms with Crippen LogP contribution in [0.2, 0.25) is 0 Å². The van der Waals surface area contributed by atoms with Crippen molar-refractivity contribution in [3.05, 3.63) is 59.5 Å². The SMILES string of the molecule is CON=c1nc[nH]c2c1ccn2[C@@H]1C[C@H](C(O)c2ccc(F)c(F)c2)[C@@H](O)[C@H]1O. The van der Waals surface area contributed by atoms with E-state index >= 15 is 0 Å². The number of nitrogens with zero attached hydrogens (tertiary/aromatic N) is 3. The zero-order chi connectivity index (χ0) is 20.7. The third kappa shape index (κ3) is 3.28. The predicted molar refractivity (Wildman–Crippen MR) is 97.1 cm³/mol. The summed E-state index contributed by atoms with van der Waals surface area (Å²) in [6.45, 7) is 0. The summed E-state index contributed by atoms with van der Waals surface area (Å²) in [5.74, 6) is -2.88. The van der Waals surface area contributed by atoms with Crippen LogP contribution in [0.4, 0.5) is 8.78 Å². The van der Waals surface area contributed by atoms with E-state index in [2.05, 4.69) is 15.1 Å². The molecule has 0 spiro atoms. The van der Waals surface area contributed by atoms with E-state index < -0.39 is 41.9 Å². The Labute approximate surface area is 163 Å². The summed E-state index contributed by atoms with van der Waals surface area (Å²) >= 11 is 0. The van der Waals surface area contributed by atoms with Gasteiger partial charge in [0.15, 0.2) is 11.6 Å². The van der Waals surface area contributed by atoms with Crippen LogP contribution >= 0.6 is 0 Å². The number of hydrogen-bond donors (Lipinski definition) is 4. The van der Waals surface area contributed by atoms with Gasteiger partial charge in [-0.05, 0) is 30.2 Å². The van der Waals surface area contributed by atoms with Crippen LogP contribution in [0.5, 0.6) is 0 Å². The molecule has 4 rings (SSSR count). The highest BCUT2D eigenvalue weighted by Gasteiger charge is 2.46. The molecule has 1 aliphatic carbocycles. The fourth-order valence-corrected chi connectivity index (χ4v) is 4.02. The number of halogens is 2. The molecule has 1 aromatic carbocycles. The molecule has 8 nitrogen and oxygen atoms in total. The molecule has 154 valence electrons. The summed E-state index contributed by atoms with van der Waals surface area (Å²) in [5.41, 5.74) is 1.09. The first-order valence-electron chi connectivity index (χ1n) is 9.03. The van der Waals surface area contributed by atoms with Crippen molar-refractivity contribution in [2.45, 2.75) is 30.8 Å². The molecular weight excluding hydrogens is 386 g/mol. The molecule has 1 aliphatic rings. The van der Waals surface area contributed by atoms with Crippen LogP contribution in [0.3, 0.4) is 0 Å². The number of aromatic amines is 1. The van der Waals surface area contributed by atoms with Gasteiger partial charge in [0.2, 0.25) is 5.49 Å². The summed E-state index contributed by atoms with van der Waals surface area (Å²) < 4.78 is 28.5. The molecule has 1 saturated carbocycles. The summed E-state index contributed by atoms with van der Waals surface area (Å²) in [7, 11) is 1.41. The molecule has 0 saturated heterocycles. The second-order valence-corrected chi connectivity index (χ2v) is 7.05. The van der Waals surface area contributed by atoms with E-state index in [4.69, 9.17) is 4.84 Å². The van der Waals surface area contributed by atoms with Gasteiger partial charge in [0, 0.05) is 12.1 Å². The molecule has 0 bridgehead atoms. The van der Waals surface area contributed by atoms with Crippen molar-refractivity contribution in [3.8, 4) is 0 Å². The minimum atomic E-state index is -1.27. The Morgan fingerprint density at radius 2 is 2.03 bits per heavy atom. The molecule has 0 amide bonds. The third-order valence-corrected chi connectivity index (χ3v) is 5.47. The van der Waals surface area contributed by atoms with E-state index in [0.29, 0.717) is 16.5 Å². The first-order valence-corrected chi connectivity index (χ1v) is 9.03. The Balaban J connectivity index is 1.67. The third-order valence-electron chi connectivity index (χ3n) is 5.47. The van der Waals surface area contributed by atoms with Gasteiger partial charge < -0.3 is 29.7 Å². The smallest absolute Gasteiger partial charge is 0.203 e. The molecule has 10 heteroatoms. The Morgan fingerprint density at radius 3 is 2.76 bits per heavy atom. The van der Waals surface area contributed by atoms with Crippen LogP contribution in [0.15, 0.2) is 41.9 Å². The maximum atomic E-state index is 13.5. The van der Waals surface area contributed by atoms with Crippen LogP contribution in [-0.4, -0.2) is 49.2 Å². The Bertz CT molecular complexity index is 1100. The van der Waals surface area contributed by atoms with Crippen molar-refractivity contribution in [1.29, 1.82) is 0 Å². The largest absolute Gasteiger partial charge is 0.397 e. The molecule has 2 aromatic heterocycles. The zero-order valence-corrected chi connectivity index (χ0v) is 15.4. The van der Waals surface area contributed by atoms with Gasteiger partial charge in [-0.25, -0.2) is 13.8 Å². The molecule has 2 heterocycles. The van der Waals surface area contributed by atoms with Crippen molar-refractivity contribution in [2.75, 3.05) is 7.11 Å². The topological polar surface area (TPSA) is 116 Å². The number of aliphatic hydroxyl groups excluding tert-OH is 3. The maximum absolute atomic E-state index is 13.5. The van der Waals surface area contributed by atoms with E-state index in [1.165, 1.54) is 19.5 Å². The molecule has 5 atom stereocenters. The second-order valence-electron chi connectivity index (χ2n) is 7.05. The minimum absolute atomic E-state index is 0.134. The Hall–Kier alpha value is -2.82. The second kappa shape index (κ2) is 7.54. The molecule has 0 radical (unpaired) electrons. The fourth-order valence-electron chi connectivity index (χ4n) is 4.02. The van der Waals surface area contributed by atoms with E-state index in [0.717, 1.165) is 12.1 Å². The normalized spacial score (nSPS) is 26.2. The van der Waals surface area contributed by atoms with Crippen LogP contribution in [0, 0.1) is 17.6 Å². The minimum Gasteiger partial charge on any atom is -0.397 e. The number of rotatable bonds is 4. The molecule has 1 unspecified atom stereocenters. The van der Waals surface area contributed by atoms with E-state index in [1.807, 2.05) is 0 Å². The van der Waals surface area contributed by atoms with Gasteiger partial charge in [-0.15, -0.1) is 0 Å². The highest BCUT2D eigenvalue weighted by atomic mass is 19.2. The van der Waals surface area contributed by atoms with E-state index in [-0.39, 0.29) is 12.0 Å². The molecule has 1 fully saturated rings. The van der Waals surface area contributed by atoms with Crippen LogP contribution < -0.4 is 5.49 Å². The highest BCUT2D eigenvalue weighted by molar-refractivity contribution is 5.74. The molecule has 4 N–H and O–H groups in total. The fraction of sp³-hybridized carbons (Fsp3) is 0.368. The zero-order valence-electron chi connectivity index (χ0n) is 15.4. The number of aliphatic hydroxyl groups is 3. The van der Waals surface area contributed by atoms with Gasteiger partial charge in [0.05, 0.1) is 30.0 Å². The summed E-state index contributed by atoms with van der Waals surface area (Å²) in [6, 6.07) is 4.26. The lowest BCUT2D eigenvalue weighted by Crippen LogP contribution is -2.31. The first-order chi connectivity index (χ1) is 13.9. The van der Waals surface area contributed by atoms with Crippen molar-refractivity contribution < 1.29 is 28.9 Å². The van der Waals surface area contributed by atoms with Crippen molar-refractivity contribution in [1.82, 2.24) is 14.5 Å². The number of nitrogens with one attached hydrogen (secondary N) is 1. The van der Waals surface area contributed by atoms with Crippen LogP contribution in [0.1, 0.15) is 24.1 Å². The Morgan fingerprint density at radius 1 is 1.24 bits per heavy atom.